The highest BCUT2D eigenvalue weighted by Gasteiger charge is 2.08. The number of hydrogen-bond acceptors (Lipinski definition) is 3. The quantitative estimate of drug-likeness (QED) is 0.441. The van der Waals surface area contributed by atoms with Crippen molar-refractivity contribution in [1.82, 2.24) is 24.0 Å². The maximum atomic E-state index is 4.36. The highest BCUT2D eigenvalue weighted by molar-refractivity contribution is 5.93. The predicted molar refractivity (Wildman–Crippen MR) is 59.2 cm³/mol. The second-order valence-corrected chi connectivity index (χ2v) is 3.64. The van der Waals surface area contributed by atoms with E-state index in [1.54, 1.807) is 12.5 Å². The van der Waals surface area contributed by atoms with Crippen LogP contribution in [0.2, 0.25) is 0 Å². The molecule has 0 aliphatic rings. The first-order valence-electron chi connectivity index (χ1n) is 4.99. The summed E-state index contributed by atoms with van der Waals surface area (Å²) in [6.45, 7) is 0. The van der Waals surface area contributed by atoms with Crippen LogP contribution in [0, 0.1) is 0 Å². The lowest BCUT2D eigenvalue weighted by molar-refractivity contribution is 1.07. The monoisotopic (exact) mass is 209 g/mol. The van der Waals surface area contributed by atoms with Gasteiger partial charge >= 0.3 is 0 Å². The fraction of sp³-hybridized carbons (Fsp3) is 0. The Labute approximate surface area is 90.0 Å². The number of para-hydroxylation sites is 1. The summed E-state index contributed by atoms with van der Waals surface area (Å²) in [6, 6.07) is 8.10. The Hall–Kier alpha value is -2.43. The summed E-state index contributed by atoms with van der Waals surface area (Å²) in [5.41, 5.74) is 1.98. The van der Waals surface area contributed by atoms with Crippen LogP contribution in [0.5, 0.6) is 0 Å². The third-order valence-electron chi connectivity index (χ3n) is 2.79. The van der Waals surface area contributed by atoms with Gasteiger partial charge < -0.3 is 0 Å². The molecule has 0 N–H and O–H groups in total. The van der Waals surface area contributed by atoms with Crippen LogP contribution in [0.3, 0.4) is 0 Å². The largest absolute Gasteiger partial charge is 0.267 e. The Morgan fingerprint density at radius 3 is 3.00 bits per heavy atom. The Balaban J connectivity index is 2.51. The molecule has 3 aromatic heterocycles. The zero-order chi connectivity index (χ0) is 10.5. The number of imidazole rings is 1. The molecule has 0 saturated carbocycles. The van der Waals surface area contributed by atoms with E-state index >= 15 is 0 Å². The van der Waals surface area contributed by atoms with E-state index in [0.717, 1.165) is 22.3 Å². The van der Waals surface area contributed by atoms with Gasteiger partial charge in [-0.3, -0.25) is 8.80 Å². The van der Waals surface area contributed by atoms with Crippen molar-refractivity contribution in [2.75, 3.05) is 0 Å². The zero-order valence-corrected chi connectivity index (χ0v) is 8.28. The van der Waals surface area contributed by atoms with E-state index in [1.807, 2.05) is 33.2 Å². The lowest BCUT2D eigenvalue weighted by Crippen LogP contribution is -1.96. The van der Waals surface area contributed by atoms with Crippen LogP contribution in [0.4, 0.5) is 0 Å². The number of aromatic nitrogens is 5. The number of rotatable bonds is 0. The standard InChI is InChI=1S/C11H7N5/c1-2-4-9-8(3-1)10-12-5-6-15(10)11-14-13-7-16(9)11/h1-7H. The van der Waals surface area contributed by atoms with Gasteiger partial charge in [0.2, 0.25) is 5.78 Å². The predicted octanol–water partition coefficient (Wildman–Crippen LogP) is 1.53. The van der Waals surface area contributed by atoms with Crippen molar-refractivity contribution in [3.63, 3.8) is 0 Å². The van der Waals surface area contributed by atoms with Crippen molar-refractivity contribution in [3.05, 3.63) is 43.0 Å². The summed E-state index contributed by atoms with van der Waals surface area (Å²) in [4.78, 5) is 4.36. The molecule has 0 bridgehead atoms. The first-order valence-corrected chi connectivity index (χ1v) is 4.99. The molecule has 4 aromatic rings. The van der Waals surface area contributed by atoms with Crippen LogP contribution >= 0.6 is 0 Å². The average Bonchev–Trinajstić information content (AvgIpc) is 2.98. The molecule has 0 aliphatic carbocycles. The van der Waals surface area contributed by atoms with Gasteiger partial charge in [0.15, 0.2) is 0 Å². The minimum atomic E-state index is 0.784. The van der Waals surface area contributed by atoms with Crippen LogP contribution in [-0.2, 0) is 0 Å². The molecule has 0 atom stereocenters. The molecule has 0 aliphatic heterocycles. The van der Waals surface area contributed by atoms with E-state index < -0.39 is 0 Å². The topological polar surface area (TPSA) is 47.5 Å². The summed E-state index contributed by atoms with van der Waals surface area (Å²) < 4.78 is 3.90. The molecule has 5 nitrogen and oxygen atoms in total. The minimum absolute atomic E-state index is 0.784. The van der Waals surface area contributed by atoms with Gasteiger partial charge in [-0.2, -0.15) is 0 Å². The van der Waals surface area contributed by atoms with Crippen molar-refractivity contribution >= 4 is 22.3 Å². The summed E-state index contributed by atoms with van der Waals surface area (Å²) >= 11 is 0. The maximum absolute atomic E-state index is 4.36. The summed E-state index contributed by atoms with van der Waals surface area (Å²) in [6.07, 6.45) is 5.39. The second-order valence-electron chi connectivity index (χ2n) is 3.64. The molecule has 0 unspecified atom stereocenters. The van der Waals surface area contributed by atoms with Gasteiger partial charge in [-0.1, -0.05) is 12.1 Å². The Morgan fingerprint density at radius 2 is 2.00 bits per heavy atom. The lowest BCUT2D eigenvalue weighted by Gasteiger charge is -2.03. The molecule has 16 heavy (non-hydrogen) atoms. The summed E-state index contributed by atoms with van der Waals surface area (Å²) in [5, 5.41) is 9.15. The number of hydrogen-bond donors (Lipinski definition) is 0. The van der Waals surface area contributed by atoms with Gasteiger partial charge in [0, 0.05) is 17.8 Å². The third-order valence-corrected chi connectivity index (χ3v) is 2.79. The molecular formula is C11H7N5. The first kappa shape index (κ1) is 7.81. The lowest BCUT2D eigenvalue weighted by atomic mass is 10.2. The third kappa shape index (κ3) is 0.785. The molecule has 1 aromatic carbocycles. The maximum Gasteiger partial charge on any atom is 0.241 e. The molecule has 4 rings (SSSR count). The number of nitrogens with zero attached hydrogens (tertiary/aromatic N) is 5. The molecule has 5 heteroatoms. The Morgan fingerprint density at radius 1 is 1.06 bits per heavy atom. The molecule has 0 fully saturated rings. The molecule has 3 heterocycles. The van der Waals surface area contributed by atoms with Gasteiger partial charge in [0.05, 0.1) is 5.52 Å². The van der Waals surface area contributed by atoms with Crippen LogP contribution in [0.1, 0.15) is 0 Å². The van der Waals surface area contributed by atoms with Crippen molar-refractivity contribution in [3.8, 4) is 0 Å². The van der Waals surface area contributed by atoms with E-state index in [1.165, 1.54) is 0 Å². The molecule has 76 valence electrons. The second kappa shape index (κ2) is 2.57. The van der Waals surface area contributed by atoms with Gasteiger partial charge in [-0.05, 0) is 12.1 Å². The van der Waals surface area contributed by atoms with Crippen molar-refractivity contribution in [2.24, 2.45) is 0 Å². The molecule has 0 amide bonds. The van der Waals surface area contributed by atoms with Crippen LogP contribution in [-0.4, -0.2) is 24.0 Å². The Bertz CT molecular complexity index is 742. The van der Waals surface area contributed by atoms with E-state index in [-0.39, 0.29) is 0 Å². The van der Waals surface area contributed by atoms with Crippen molar-refractivity contribution in [2.45, 2.75) is 0 Å². The summed E-state index contributed by atoms with van der Waals surface area (Å²) in [7, 11) is 0. The Kier molecular flexibility index (Phi) is 1.26. The molecule has 0 spiro atoms. The van der Waals surface area contributed by atoms with Gasteiger partial charge in [0.25, 0.3) is 0 Å². The van der Waals surface area contributed by atoms with Crippen LogP contribution in [0.15, 0.2) is 43.0 Å². The molecule has 0 saturated heterocycles. The van der Waals surface area contributed by atoms with Crippen LogP contribution in [0.25, 0.3) is 22.3 Å². The van der Waals surface area contributed by atoms with Gasteiger partial charge in [-0.25, -0.2) is 4.98 Å². The highest BCUT2D eigenvalue weighted by atomic mass is 15.3. The average molecular weight is 209 g/mol. The fourth-order valence-corrected chi connectivity index (χ4v) is 2.10. The van der Waals surface area contributed by atoms with Crippen molar-refractivity contribution < 1.29 is 0 Å². The van der Waals surface area contributed by atoms with Gasteiger partial charge in [0.1, 0.15) is 12.0 Å². The number of fused-ring (bicyclic) bond motifs is 6. The zero-order valence-electron chi connectivity index (χ0n) is 8.28. The molecular weight excluding hydrogens is 202 g/mol. The first-order chi connectivity index (χ1) is 7.95. The van der Waals surface area contributed by atoms with E-state index in [0.29, 0.717) is 0 Å². The van der Waals surface area contributed by atoms with E-state index in [2.05, 4.69) is 21.2 Å². The van der Waals surface area contributed by atoms with Crippen molar-refractivity contribution in [1.29, 1.82) is 0 Å². The minimum Gasteiger partial charge on any atom is -0.267 e. The van der Waals surface area contributed by atoms with E-state index in [4.69, 9.17) is 0 Å². The molecule has 0 radical (unpaired) electrons. The smallest absolute Gasteiger partial charge is 0.241 e. The van der Waals surface area contributed by atoms with Crippen LogP contribution < -0.4 is 0 Å². The number of benzene rings is 1. The fourth-order valence-electron chi connectivity index (χ4n) is 2.10. The SMILES string of the molecule is c1ccc2c(c1)c1nccn1c1nncn21. The normalized spacial score (nSPS) is 11.8. The highest BCUT2D eigenvalue weighted by Crippen LogP contribution is 2.20. The summed E-state index contributed by atoms with van der Waals surface area (Å²) in [5.74, 6) is 0.784. The van der Waals surface area contributed by atoms with Gasteiger partial charge in [-0.15, -0.1) is 10.2 Å². The van der Waals surface area contributed by atoms with E-state index in [9.17, 15) is 0 Å².